The van der Waals surface area contributed by atoms with Crippen LogP contribution in [0.2, 0.25) is 0 Å². The summed E-state index contributed by atoms with van der Waals surface area (Å²) in [7, 11) is 0. The molecule has 5 heteroatoms. The third-order valence-corrected chi connectivity index (χ3v) is 11.4. The van der Waals surface area contributed by atoms with E-state index in [9.17, 15) is 14.7 Å². The maximum Gasteiger partial charge on any atom is 0.306 e. The number of rotatable bonds is 50. The maximum absolute atomic E-state index is 12.3. The monoisotopic (exact) mass is 1010 g/mol. The molecule has 0 bridgehead atoms. The molecule has 0 saturated carbocycles. The number of ether oxygens (including phenoxy) is 2. The number of aliphatic hydroxyl groups excluding tert-OH is 1. The molecule has 0 aliphatic carbocycles. The fourth-order valence-corrected chi connectivity index (χ4v) is 7.11. The van der Waals surface area contributed by atoms with Gasteiger partial charge in [-0.25, -0.2) is 0 Å². The van der Waals surface area contributed by atoms with Crippen molar-refractivity contribution >= 4 is 11.9 Å². The van der Waals surface area contributed by atoms with Gasteiger partial charge in [-0.05, 0) is 141 Å². The fourth-order valence-electron chi connectivity index (χ4n) is 7.11. The van der Waals surface area contributed by atoms with Gasteiger partial charge in [0.25, 0.3) is 0 Å². The Kier molecular flexibility index (Phi) is 57.6. The van der Waals surface area contributed by atoms with Crippen LogP contribution >= 0.6 is 0 Å². The van der Waals surface area contributed by atoms with Gasteiger partial charge in [0.2, 0.25) is 0 Å². The van der Waals surface area contributed by atoms with Crippen molar-refractivity contribution in [1.82, 2.24) is 0 Å². The first-order valence-electron chi connectivity index (χ1n) is 29.0. The molecule has 0 heterocycles. The van der Waals surface area contributed by atoms with Crippen molar-refractivity contribution in [3.8, 4) is 0 Å². The molecule has 0 aromatic rings. The molecular formula is C69H104O5. The summed E-state index contributed by atoms with van der Waals surface area (Å²) in [5.41, 5.74) is 0. The van der Waals surface area contributed by atoms with E-state index in [4.69, 9.17) is 9.47 Å². The highest BCUT2D eigenvalue weighted by Gasteiger charge is 2.16. The lowest BCUT2D eigenvalue weighted by Gasteiger charge is -2.15. The van der Waals surface area contributed by atoms with E-state index < -0.39 is 6.10 Å². The molecule has 1 atom stereocenters. The van der Waals surface area contributed by atoms with Crippen LogP contribution in [0, 0.1) is 0 Å². The standard InChI is InChI=1S/C69H104O5/c1-3-5-7-9-11-13-15-17-19-21-23-25-27-29-31-33-34-36-38-40-42-44-46-48-50-52-54-56-58-60-62-64-69(72)74-67(65-70)66-73-68(71)63-61-59-57-55-53-51-49-47-45-43-41-39-37-35-32-30-28-26-24-22-20-18-16-14-12-10-8-6-4-2/h5-8,11-14,17-20,23-26,29-32,34,36-37,39-40,42-43,45-46,48,52,54,67,70H,3-4,9-10,15-16,21-22,27-28,33,35,38,41,44,47,49-51,53,55-66H2,1-2H3/b7-5-,8-6-,13-11-,14-12-,19-17-,20-18-,25-23-,26-24-,31-29-,32-30-,36-34-,39-37-,42-40-,45-43-,48-46-,54-52-. The lowest BCUT2D eigenvalue weighted by molar-refractivity contribution is -0.161. The van der Waals surface area contributed by atoms with Crippen molar-refractivity contribution in [2.24, 2.45) is 0 Å². The van der Waals surface area contributed by atoms with E-state index in [1.807, 2.05) is 0 Å². The number of carbonyl (C=O) groups is 2. The molecular weight excluding hydrogens is 909 g/mol. The predicted molar refractivity (Wildman–Crippen MR) is 324 cm³/mol. The van der Waals surface area contributed by atoms with Crippen LogP contribution in [0.15, 0.2) is 194 Å². The Morgan fingerprint density at radius 1 is 0.311 bits per heavy atom. The van der Waals surface area contributed by atoms with E-state index in [-0.39, 0.29) is 25.2 Å². The lowest BCUT2D eigenvalue weighted by atomic mass is 10.1. The van der Waals surface area contributed by atoms with E-state index in [1.165, 1.54) is 25.7 Å². The topological polar surface area (TPSA) is 72.8 Å². The second-order valence-corrected chi connectivity index (χ2v) is 18.2. The average Bonchev–Trinajstić information content (AvgIpc) is 3.40. The minimum Gasteiger partial charge on any atom is -0.462 e. The Hall–Kier alpha value is -5.26. The second kappa shape index (κ2) is 62.0. The van der Waals surface area contributed by atoms with Crippen molar-refractivity contribution < 1.29 is 24.2 Å². The number of esters is 2. The molecule has 0 aliphatic heterocycles. The van der Waals surface area contributed by atoms with Gasteiger partial charge in [0.15, 0.2) is 6.10 Å². The first-order valence-corrected chi connectivity index (χ1v) is 29.0. The second-order valence-electron chi connectivity index (χ2n) is 18.2. The molecule has 1 N–H and O–H groups in total. The summed E-state index contributed by atoms with van der Waals surface area (Å²) in [4.78, 5) is 24.5. The molecule has 410 valence electrons. The Morgan fingerprint density at radius 3 is 0.824 bits per heavy atom. The zero-order chi connectivity index (χ0) is 53.4. The van der Waals surface area contributed by atoms with Gasteiger partial charge < -0.3 is 14.6 Å². The largest absolute Gasteiger partial charge is 0.462 e. The summed E-state index contributed by atoms with van der Waals surface area (Å²) >= 11 is 0. The molecule has 0 fully saturated rings. The van der Waals surface area contributed by atoms with Gasteiger partial charge in [-0.2, -0.15) is 0 Å². The first kappa shape index (κ1) is 68.7. The Bertz CT molecular complexity index is 1760. The predicted octanol–water partition coefficient (Wildman–Crippen LogP) is 20.1. The third-order valence-electron chi connectivity index (χ3n) is 11.4. The van der Waals surface area contributed by atoms with Crippen LogP contribution in [-0.2, 0) is 19.1 Å². The minimum absolute atomic E-state index is 0.100. The van der Waals surface area contributed by atoms with Crippen molar-refractivity contribution in [1.29, 1.82) is 0 Å². The van der Waals surface area contributed by atoms with Gasteiger partial charge in [0, 0.05) is 12.8 Å². The minimum atomic E-state index is -0.813. The van der Waals surface area contributed by atoms with E-state index >= 15 is 0 Å². The lowest BCUT2D eigenvalue weighted by Crippen LogP contribution is -2.28. The van der Waals surface area contributed by atoms with Crippen LogP contribution < -0.4 is 0 Å². The van der Waals surface area contributed by atoms with Gasteiger partial charge in [0.05, 0.1) is 6.61 Å². The number of unbranched alkanes of at least 4 members (excludes halogenated alkanes) is 10. The van der Waals surface area contributed by atoms with Crippen molar-refractivity contribution in [2.45, 2.75) is 213 Å². The number of allylic oxidation sites excluding steroid dienone is 32. The van der Waals surface area contributed by atoms with Gasteiger partial charge in [0.1, 0.15) is 6.61 Å². The van der Waals surface area contributed by atoms with Gasteiger partial charge >= 0.3 is 11.9 Å². The van der Waals surface area contributed by atoms with Crippen molar-refractivity contribution in [3.05, 3.63) is 194 Å². The van der Waals surface area contributed by atoms with Crippen LogP contribution in [-0.4, -0.2) is 36.4 Å². The van der Waals surface area contributed by atoms with Crippen LogP contribution in [0.3, 0.4) is 0 Å². The molecule has 0 aromatic heterocycles. The van der Waals surface area contributed by atoms with Gasteiger partial charge in [-0.15, -0.1) is 0 Å². The van der Waals surface area contributed by atoms with Crippen LogP contribution in [0.25, 0.3) is 0 Å². The molecule has 0 radical (unpaired) electrons. The molecule has 0 aliphatic rings. The summed E-state index contributed by atoms with van der Waals surface area (Å²) in [6.45, 7) is 3.86. The molecule has 0 aromatic carbocycles. The van der Waals surface area contributed by atoms with Crippen LogP contribution in [0.1, 0.15) is 206 Å². The number of aliphatic hydroxyl groups is 1. The van der Waals surface area contributed by atoms with E-state index in [2.05, 4.69) is 208 Å². The molecule has 1 unspecified atom stereocenters. The summed E-state index contributed by atoms with van der Waals surface area (Å²) in [5, 5.41) is 9.66. The summed E-state index contributed by atoms with van der Waals surface area (Å²) in [6, 6.07) is 0. The highest BCUT2D eigenvalue weighted by molar-refractivity contribution is 5.70. The van der Waals surface area contributed by atoms with Crippen LogP contribution in [0.4, 0.5) is 0 Å². The fraction of sp³-hybridized carbons (Fsp3) is 0.507. The Labute approximate surface area is 454 Å². The third kappa shape index (κ3) is 59.3. The highest BCUT2D eigenvalue weighted by Crippen LogP contribution is 2.12. The molecule has 0 rings (SSSR count). The molecule has 0 saturated heterocycles. The summed E-state index contributed by atoms with van der Waals surface area (Å²) < 4.78 is 10.7. The van der Waals surface area contributed by atoms with E-state index in [0.717, 1.165) is 154 Å². The maximum atomic E-state index is 12.3. The van der Waals surface area contributed by atoms with Crippen molar-refractivity contribution in [3.63, 3.8) is 0 Å². The number of hydrogen-bond acceptors (Lipinski definition) is 5. The summed E-state index contributed by atoms with van der Waals surface area (Å²) in [5.74, 6) is -0.660. The van der Waals surface area contributed by atoms with Crippen LogP contribution in [0.5, 0.6) is 0 Å². The normalized spacial score (nSPS) is 13.7. The number of carbonyl (C=O) groups excluding carboxylic acids is 2. The molecule has 74 heavy (non-hydrogen) atoms. The number of hydrogen-bond donors (Lipinski definition) is 1. The summed E-state index contributed by atoms with van der Waals surface area (Å²) in [6.07, 6.45) is 99.6. The molecule has 5 nitrogen and oxygen atoms in total. The zero-order valence-corrected chi connectivity index (χ0v) is 46.8. The van der Waals surface area contributed by atoms with E-state index in [0.29, 0.717) is 12.8 Å². The zero-order valence-electron chi connectivity index (χ0n) is 46.8. The highest BCUT2D eigenvalue weighted by atomic mass is 16.6. The molecule has 0 amide bonds. The average molecular weight is 1010 g/mol. The quantitative estimate of drug-likeness (QED) is 0.0373. The van der Waals surface area contributed by atoms with Gasteiger partial charge in [-0.1, -0.05) is 247 Å². The Morgan fingerprint density at radius 2 is 0.541 bits per heavy atom. The SMILES string of the molecule is CC/C=C\C/C=C\C/C=C\C/C=C\C/C=C\C/C=C\C/C=C\C/C=C\C/C=C\CCCCCC(=O)OC(CO)COC(=O)CCCCCCCCC/C=C\C/C=C\C/C=C\C/C=C\C/C=C\C/C=C\C/C=C\CC. The molecule has 0 spiro atoms. The smallest absolute Gasteiger partial charge is 0.306 e. The van der Waals surface area contributed by atoms with Gasteiger partial charge in [-0.3, -0.25) is 9.59 Å². The Balaban J connectivity index is 3.70. The van der Waals surface area contributed by atoms with E-state index in [1.54, 1.807) is 0 Å². The van der Waals surface area contributed by atoms with Crippen molar-refractivity contribution in [2.75, 3.05) is 13.2 Å². The first-order chi connectivity index (χ1) is 36.6.